The van der Waals surface area contributed by atoms with Crippen LogP contribution in [0, 0.1) is 16.0 Å². The van der Waals surface area contributed by atoms with Gasteiger partial charge in [0.1, 0.15) is 5.92 Å². The molecule has 0 saturated carbocycles. The lowest BCUT2D eigenvalue weighted by Gasteiger charge is -2.36. The summed E-state index contributed by atoms with van der Waals surface area (Å²) in [5.74, 6) is -2.47. The Kier molecular flexibility index (Phi) is 6.46. The first-order valence-corrected chi connectivity index (χ1v) is 9.74. The van der Waals surface area contributed by atoms with Crippen LogP contribution in [0.1, 0.15) is 31.9 Å². The van der Waals surface area contributed by atoms with Crippen LogP contribution in [-0.2, 0) is 23.9 Å². The number of carbonyl (C=O) groups excluding carboxylic acids is 3. The van der Waals surface area contributed by atoms with E-state index in [1.165, 1.54) is 35.4 Å². The number of ether oxygens (including phenoxy) is 2. The van der Waals surface area contributed by atoms with Gasteiger partial charge in [0.25, 0.3) is 5.69 Å². The molecule has 1 saturated heterocycles. The minimum absolute atomic E-state index is 0.101. The number of nitro groups is 1. The summed E-state index contributed by atoms with van der Waals surface area (Å²) in [7, 11) is 0. The Bertz CT molecular complexity index is 881. The molecule has 2 aliphatic rings. The van der Waals surface area contributed by atoms with E-state index in [2.05, 4.69) is 0 Å². The Morgan fingerprint density at radius 2 is 1.83 bits per heavy atom. The van der Waals surface area contributed by atoms with E-state index in [1.54, 1.807) is 18.9 Å². The molecule has 160 valence electrons. The fourth-order valence-electron chi connectivity index (χ4n) is 3.82. The first kappa shape index (κ1) is 21.4. The smallest absolute Gasteiger partial charge is 0.334 e. The lowest BCUT2D eigenvalue weighted by Crippen LogP contribution is -2.44. The fourth-order valence-corrected chi connectivity index (χ4v) is 3.82. The van der Waals surface area contributed by atoms with Crippen molar-refractivity contribution in [1.29, 1.82) is 0 Å². The zero-order valence-electron chi connectivity index (χ0n) is 16.8. The summed E-state index contributed by atoms with van der Waals surface area (Å²) in [4.78, 5) is 48.6. The zero-order valence-corrected chi connectivity index (χ0v) is 16.8. The van der Waals surface area contributed by atoms with Crippen LogP contribution < -0.4 is 0 Å². The van der Waals surface area contributed by atoms with Gasteiger partial charge in [-0.2, -0.15) is 0 Å². The van der Waals surface area contributed by atoms with Crippen LogP contribution in [0.15, 0.2) is 35.9 Å². The molecule has 30 heavy (non-hydrogen) atoms. The van der Waals surface area contributed by atoms with E-state index >= 15 is 0 Å². The van der Waals surface area contributed by atoms with Crippen molar-refractivity contribution in [3.63, 3.8) is 0 Å². The predicted octanol–water partition coefficient (Wildman–Crippen LogP) is 1.77. The topological polar surface area (TPSA) is 119 Å². The van der Waals surface area contributed by atoms with Crippen molar-refractivity contribution in [2.45, 2.75) is 26.3 Å². The monoisotopic (exact) mass is 417 g/mol. The first-order chi connectivity index (χ1) is 14.4. The van der Waals surface area contributed by atoms with Gasteiger partial charge in [-0.1, -0.05) is 18.2 Å². The number of rotatable bonds is 6. The number of nitro benzene ring substituents is 1. The van der Waals surface area contributed by atoms with E-state index in [0.717, 1.165) is 0 Å². The molecule has 0 spiro atoms. The lowest BCUT2D eigenvalue weighted by atomic mass is 9.86. The molecular formula is C20H23N3O7. The second-order valence-corrected chi connectivity index (χ2v) is 6.79. The highest BCUT2D eigenvalue weighted by Gasteiger charge is 2.47. The maximum atomic E-state index is 13.0. The lowest BCUT2D eigenvalue weighted by molar-refractivity contribution is -0.384. The van der Waals surface area contributed by atoms with Gasteiger partial charge in [0.05, 0.1) is 36.3 Å². The average Bonchev–Trinajstić information content (AvgIpc) is 2.98. The highest BCUT2D eigenvalue weighted by atomic mass is 16.6. The van der Waals surface area contributed by atoms with Crippen molar-refractivity contribution in [2.75, 3.05) is 26.3 Å². The van der Waals surface area contributed by atoms with Gasteiger partial charge in [-0.05, 0) is 19.4 Å². The molecule has 10 nitrogen and oxygen atoms in total. The van der Waals surface area contributed by atoms with E-state index in [0.29, 0.717) is 12.1 Å². The number of esters is 2. The molecule has 0 aromatic heterocycles. The summed E-state index contributed by atoms with van der Waals surface area (Å²) < 4.78 is 10.4. The third-order valence-electron chi connectivity index (χ3n) is 5.11. The number of amides is 1. The van der Waals surface area contributed by atoms with Gasteiger partial charge in [0.2, 0.25) is 5.91 Å². The quantitative estimate of drug-likeness (QED) is 0.390. The Morgan fingerprint density at radius 3 is 2.43 bits per heavy atom. The van der Waals surface area contributed by atoms with Crippen LogP contribution in [0.25, 0.3) is 0 Å². The van der Waals surface area contributed by atoms with Gasteiger partial charge in [0, 0.05) is 25.1 Å². The van der Waals surface area contributed by atoms with Crippen LogP contribution >= 0.6 is 0 Å². The fraction of sp³-hybridized carbons (Fsp3) is 0.450. The third kappa shape index (κ3) is 4.04. The molecule has 3 rings (SSSR count). The molecule has 0 N–H and O–H groups in total. The molecule has 0 bridgehead atoms. The number of carbonyl (C=O) groups is 3. The Morgan fingerprint density at radius 1 is 1.17 bits per heavy atom. The summed E-state index contributed by atoms with van der Waals surface area (Å²) in [6.07, 6.45) is 1.79. The van der Waals surface area contributed by atoms with Crippen molar-refractivity contribution in [2.24, 2.45) is 5.92 Å². The van der Waals surface area contributed by atoms with Gasteiger partial charge in [-0.15, -0.1) is 0 Å². The third-order valence-corrected chi connectivity index (χ3v) is 5.11. The SMILES string of the molecule is CCOC(=O)C1=CCN2C(=O)CCN2[C@@H](c2ccc([N+](=O)[O-])cc2)[C@@H]1C(=O)OCC. The number of hydrazine groups is 1. The molecule has 1 aromatic rings. The second kappa shape index (κ2) is 9.04. The number of nitrogens with zero attached hydrogens (tertiary/aromatic N) is 3. The molecule has 10 heteroatoms. The maximum absolute atomic E-state index is 13.0. The molecule has 0 radical (unpaired) electrons. The summed E-state index contributed by atoms with van der Waals surface area (Å²) in [6, 6.07) is 4.97. The van der Waals surface area contributed by atoms with Crippen LogP contribution in [-0.4, -0.2) is 59.1 Å². The minimum Gasteiger partial charge on any atom is -0.465 e. The number of benzene rings is 1. The molecule has 2 atom stereocenters. The first-order valence-electron chi connectivity index (χ1n) is 9.74. The molecule has 0 aliphatic carbocycles. The van der Waals surface area contributed by atoms with Crippen molar-refractivity contribution in [3.05, 3.63) is 51.6 Å². The van der Waals surface area contributed by atoms with Gasteiger partial charge < -0.3 is 9.47 Å². The van der Waals surface area contributed by atoms with E-state index < -0.39 is 28.8 Å². The van der Waals surface area contributed by atoms with Gasteiger partial charge in [-0.3, -0.25) is 24.7 Å². The number of hydrogen-bond donors (Lipinski definition) is 0. The standard InChI is InChI=1S/C20H23N3O7/c1-3-29-19(25)15-9-11-21-16(24)10-12-22(21)18(17(15)20(26)30-4-2)13-5-7-14(8-6-13)23(27)28/h5-9,17-18H,3-4,10-12H2,1-2H3/t17-,18+/m1/s1. The highest BCUT2D eigenvalue weighted by Crippen LogP contribution is 2.40. The van der Waals surface area contributed by atoms with Crippen LogP contribution in [0.2, 0.25) is 0 Å². The van der Waals surface area contributed by atoms with Crippen LogP contribution in [0.3, 0.4) is 0 Å². The zero-order chi connectivity index (χ0) is 21.8. The summed E-state index contributed by atoms with van der Waals surface area (Å²) >= 11 is 0. The van der Waals surface area contributed by atoms with Gasteiger partial charge in [-0.25, -0.2) is 9.80 Å². The van der Waals surface area contributed by atoms with Crippen LogP contribution in [0.5, 0.6) is 0 Å². The van der Waals surface area contributed by atoms with E-state index in [9.17, 15) is 24.5 Å². The molecule has 1 aromatic carbocycles. The summed E-state index contributed by atoms with van der Waals surface area (Å²) in [6.45, 7) is 4.02. The largest absolute Gasteiger partial charge is 0.465 e. The van der Waals surface area contributed by atoms with Crippen LogP contribution in [0.4, 0.5) is 5.69 Å². The molecule has 1 fully saturated rings. The summed E-state index contributed by atoms with van der Waals surface area (Å²) in [5, 5.41) is 14.3. The molecular weight excluding hydrogens is 394 g/mol. The Balaban J connectivity index is 2.13. The second-order valence-electron chi connectivity index (χ2n) is 6.79. The molecule has 2 aliphatic heterocycles. The maximum Gasteiger partial charge on any atom is 0.334 e. The van der Waals surface area contributed by atoms with Crippen molar-refractivity contribution < 1.29 is 28.8 Å². The van der Waals surface area contributed by atoms with E-state index in [4.69, 9.17) is 9.47 Å². The van der Waals surface area contributed by atoms with Gasteiger partial charge in [0.15, 0.2) is 0 Å². The number of fused-ring (bicyclic) bond motifs is 1. The number of non-ortho nitro benzene ring substituents is 1. The Labute approximate surface area is 173 Å². The van der Waals surface area contributed by atoms with Crippen molar-refractivity contribution in [3.8, 4) is 0 Å². The van der Waals surface area contributed by atoms with E-state index in [1.807, 2.05) is 0 Å². The van der Waals surface area contributed by atoms with E-state index in [-0.39, 0.29) is 43.3 Å². The molecule has 0 unspecified atom stereocenters. The van der Waals surface area contributed by atoms with Gasteiger partial charge >= 0.3 is 11.9 Å². The van der Waals surface area contributed by atoms with Crippen molar-refractivity contribution >= 4 is 23.5 Å². The normalized spacial score (nSPS) is 21.5. The summed E-state index contributed by atoms with van der Waals surface area (Å²) in [5.41, 5.74) is 0.562. The predicted molar refractivity (Wildman–Crippen MR) is 104 cm³/mol. The molecule has 2 heterocycles. The number of hydrogen-bond acceptors (Lipinski definition) is 8. The highest BCUT2D eigenvalue weighted by molar-refractivity contribution is 5.96. The average molecular weight is 417 g/mol. The van der Waals surface area contributed by atoms with Crippen molar-refractivity contribution in [1.82, 2.24) is 10.0 Å². The molecule has 1 amide bonds. The minimum atomic E-state index is -1.05. The Hall–Kier alpha value is -3.27.